The van der Waals surface area contributed by atoms with Gasteiger partial charge >= 0.3 is 0 Å². The molecule has 24 heavy (non-hydrogen) atoms. The molecule has 0 radical (unpaired) electrons. The second-order valence-electron chi connectivity index (χ2n) is 6.55. The fourth-order valence-corrected chi connectivity index (χ4v) is 2.65. The molecule has 0 aliphatic carbocycles. The van der Waals surface area contributed by atoms with Crippen molar-refractivity contribution < 1.29 is 14.2 Å². The molecule has 3 heteroatoms. The van der Waals surface area contributed by atoms with E-state index < -0.39 is 11.5 Å². The highest BCUT2D eigenvalue weighted by molar-refractivity contribution is 5.70. The molecule has 0 saturated heterocycles. The minimum absolute atomic E-state index is 0.343. The molecule has 0 amide bonds. The van der Waals surface area contributed by atoms with Crippen molar-refractivity contribution in [2.24, 2.45) is 5.41 Å². The van der Waals surface area contributed by atoms with Crippen molar-refractivity contribution in [3.8, 4) is 16.9 Å². The molecule has 0 unspecified atom stereocenters. The molecule has 0 aliphatic heterocycles. The van der Waals surface area contributed by atoms with Gasteiger partial charge in [-0.25, -0.2) is 4.39 Å². The summed E-state index contributed by atoms with van der Waals surface area (Å²) in [5, 5.41) is 10.9. The molecule has 0 heterocycles. The van der Waals surface area contributed by atoms with Crippen LogP contribution in [-0.2, 0) is 6.42 Å². The summed E-state index contributed by atoms with van der Waals surface area (Å²) in [5.74, 6) is 0.235. The van der Waals surface area contributed by atoms with Crippen LogP contribution in [0.1, 0.15) is 38.0 Å². The lowest BCUT2D eigenvalue weighted by atomic mass is 9.79. The van der Waals surface area contributed by atoms with E-state index in [4.69, 9.17) is 4.74 Å². The predicted molar refractivity (Wildman–Crippen MR) is 96.7 cm³/mol. The van der Waals surface area contributed by atoms with E-state index in [2.05, 4.69) is 13.5 Å². The number of aliphatic hydroxyl groups is 1. The van der Waals surface area contributed by atoms with E-state index in [0.29, 0.717) is 22.4 Å². The van der Waals surface area contributed by atoms with Gasteiger partial charge in [0.15, 0.2) is 0 Å². The second kappa shape index (κ2) is 7.18. The Hall–Kier alpha value is -2.13. The Kier molecular flexibility index (Phi) is 5.45. The Morgan fingerprint density at radius 3 is 2.50 bits per heavy atom. The van der Waals surface area contributed by atoms with Gasteiger partial charge in [-0.2, -0.15) is 0 Å². The van der Waals surface area contributed by atoms with Crippen LogP contribution in [-0.4, -0.2) is 12.2 Å². The molecule has 1 atom stereocenters. The average Bonchev–Trinajstić information content (AvgIpc) is 2.61. The zero-order valence-corrected chi connectivity index (χ0v) is 14.8. The first-order valence-corrected chi connectivity index (χ1v) is 8.12. The van der Waals surface area contributed by atoms with Gasteiger partial charge in [0.05, 0.1) is 13.2 Å². The molecule has 0 aromatic heterocycles. The third-order valence-electron chi connectivity index (χ3n) is 4.51. The largest absolute Gasteiger partial charge is 0.497 e. The Morgan fingerprint density at radius 1 is 1.21 bits per heavy atom. The Balaban J connectivity index is 2.69. The first-order valence-electron chi connectivity index (χ1n) is 8.12. The van der Waals surface area contributed by atoms with E-state index >= 15 is 0 Å². The molecule has 2 aromatic carbocycles. The molecular weight excluding hydrogens is 303 g/mol. The van der Waals surface area contributed by atoms with Crippen LogP contribution < -0.4 is 4.74 Å². The van der Waals surface area contributed by atoms with Gasteiger partial charge in [0.25, 0.3) is 0 Å². The fraction of sp³-hybridized carbons (Fsp3) is 0.333. The molecule has 2 aromatic rings. The third-order valence-corrected chi connectivity index (χ3v) is 4.51. The first-order chi connectivity index (χ1) is 11.3. The number of rotatable bonds is 6. The summed E-state index contributed by atoms with van der Waals surface area (Å²) >= 11 is 0. The monoisotopic (exact) mass is 328 g/mol. The summed E-state index contributed by atoms with van der Waals surface area (Å²) in [6, 6.07) is 10.4. The van der Waals surface area contributed by atoms with Gasteiger partial charge in [0, 0.05) is 11.0 Å². The smallest absolute Gasteiger partial charge is 0.131 e. The lowest BCUT2D eigenvalue weighted by Gasteiger charge is -2.29. The molecule has 2 rings (SSSR count). The van der Waals surface area contributed by atoms with Gasteiger partial charge in [-0.05, 0) is 41.3 Å². The summed E-state index contributed by atoms with van der Waals surface area (Å²) in [7, 11) is 1.55. The summed E-state index contributed by atoms with van der Waals surface area (Å²) in [4.78, 5) is 0. The molecule has 2 nitrogen and oxygen atoms in total. The van der Waals surface area contributed by atoms with Crippen LogP contribution in [0, 0.1) is 11.2 Å². The van der Waals surface area contributed by atoms with Gasteiger partial charge in [0.1, 0.15) is 11.6 Å². The summed E-state index contributed by atoms with van der Waals surface area (Å²) in [6.45, 7) is 9.69. The normalized spacial score (nSPS) is 12.8. The van der Waals surface area contributed by atoms with Crippen molar-refractivity contribution in [1.29, 1.82) is 0 Å². The van der Waals surface area contributed by atoms with E-state index in [1.807, 2.05) is 32.0 Å². The van der Waals surface area contributed by atoms with Crippen molar-refractivity contribution in [2.75, 3.05) is 7.11 Å². The number of ether oxygens (including phenoxy) is 1. The van der Waals surface area contributed by atoms with Crippen LogP contribution in [0.25, 0.3) is 11.1 Å². The van der Waals surface area contributed by atoms with Crippen molar-refractivity contribution in [2.45, 2.75) is 33.3 Å². The summed E-state index contributed by atoms with van der Waals surface area (Å²) in [6.07, 6.45) is 1.78. The van der Waals surface area contributed by atoms with Gasteiger partial charge in [0.2, 0.25) is 0 Å². The van der Waals surface area contributed by atoms with E-state index in [1.54, 1.807) is 25.3 Å². The number of benzene rings is 2. The van der Waals surface area contributed by atoms with Crippen molar-refractivity contribution in [3.05, 3.63) is 66.0 Å². The maximum absolute atomic E-state index is 14.4. The predicted octanol–water partition coefficient (Wildman–Crippen LogP) is 5.31. The quantitative estimate of drug-likeness (QED) is 0.728. The highest BCUT2D eigenvalue weighted by Crippen LogP contribution is 2.40. The Labute approximate surface area is 143 Å². The number of halogens is 1. The first kappa shape index (κ1) is 18.2. The molecule has 0 saturated carbocycles. The maximum atomic E-state index is 14.4. The van der Waals surface area contributed by atoms with Crippen LogP contribution in [0.5, 0.6) is 5.75 Å². The third kappa shape index (κ3) is 3.51. The Bertz CT molecular complexity index is 735. The van der Waals surface area contributed by atoms with Crippen LogP contribution in [0.15, 0.2) is 49.1 Å². The topological polar surface area (TPSA) is 29.5 Å². The van der Waals surface area contributed by atoms with Gasteiger partial charge in [-0.15, -0.1) is 6.58 Å². The minimum atomic E-state index is -0.790. The number of hydrogen-bond acceptors (Lipinski definition) is 2. The lowest BCUT2D eigenvalue weighted by Crippen LogP contribution is -2.20. The molecule has 0 fully saturated rings. The highest BCUT2D eigenvalue weighted by Gasteiger charge is 2.29. The SMILES string of the molecule is C=CC(C)(C)[C@@H](O)c1cc(CC)ccc1-c1cc(OC)ccc1F. The highest BCUT2D eigenvalue weighted by atomic mass is 19.1. The van der Waals surface area contributed by atoms with Gasteiger partial charge in [-0.3, -0.25) is 0 Å². The number of aryl methyl sites for hydroxylation is 1. The molecular formula is C21H25FO2. The minimum Gasteiger partial charge on any atom is -0.497 e. The van der Waals surface area contributed by atoms with Crippen molar-refractivity contribution in [1.82, 2.24) is 0 Å². The zero-order valence-electron chi connectivity index (χ0n) is 14.8. The van der Waals surface area contributed by atoms with Crippen LogP contribution in [0.4, 0.5) is 4.39 Å². The Morgan fingerprint density at radius 2 is 1.92 bits per heavy atom. The van der Waals surface area contributed by atoms with E-state index in [0.717, 1.165) is 12.0 Å². The summed E-state index contributed by atoms with van der Waals surface area (Å²) in [5.41, 5.74) is 2.36. The molecule has 0 aliphatic rings. The zero-order chi connectivity index (χ0) is 17.9. The molecule has 0 bridgehead atoms. The molecule has 1 N–H and O–H groups in total. The maximum Gasteiger partial charge on any atom is 0.131 e. The fourth-order valence-electron chi connectivity index (χ4n) is 2.65. The van der Waals surface area contributed by atoms with E-state index in [1.165, 1.54) is 6.07 Å². The summed E-state index contributed by atoms with van der Waals surface area (Å²) < 4.78 is 19.7. The lowest BCUT2D eigenvalue weighted by molar-refractivity contribution is 0.0826. The standard InChI is InChI=1S/C21H25FO2/c1-6-14-8-10-16(17-13-15(24-5)9-11-19(17)22)18(12-14)20(23)21(3,4)7-2/h7-13,20,23H,2,6H2,1,3-5H3/t20-/m0/s1. The molecule has 128 valence electrons. The van der Waals surface area contributed by atoms with E-state index in [-0.39, 0.29) is 5.82 Å². The molecule has 0 spiro atoms. The van der Waals surface area contributed by atoms with Crippen molar-refractivity contribution >= 4 is 0 Å². The number of aliphatic hydroxyl groups excluding tert-OH is 1. The van der Waals surface area contributed by atoms with Crippen molar-refractivity contribution in [3.63, 3.8) is 0 Å². The average molecular weight is 328 g/mol. The number of hydrogen-bond donors (Lipinski definition) is 1. The van der Waals surface area contributed by atoms with Crippen LogP contribution >= 0.6 is 0 Å². The van der Waals surface area contributed by atoms with E-state index in [9.17, 15) is 9.50 Å². The van der Waals surface area contributed by atoms with Crippen LogP contribution in [0.3, 0.4) is 0 Å². The second-order valence-corrected chi connectivity index (χ2v) is 6.55. The van der Waals surface area contributed by atoms with Gasteiger partial charge in [-0.1, -0.05) is 45.0 Å². The van der Waals surface area contributed by atoms with Crippen LogP contribution in [0.2, 0.25) is 0 Å². The van der Waals surface area contributed by atoms with Gasteiger partial charge < -0.3 is 9.84 Å². The number of methoxy groups -OCH3 is 1.